The Morgan fingerprint density at radius 2 is 1.90 bits per heavy atom. The van der Waals surface area contributed by atoms with Crippen molar-refractivity contribution in [3.8, 4) is 28.4 Å². The molecular weight excluding hydrogens is 288 g/mol. The summed E-state index contributed by atoms with van der Waals surface area (Å²) in [7, 11) is 3.32. The molecule has 1 aliphatic rings. The molecule has 21 heavy (non-hydrogen) atoms. The van der Waals surface area contributed by atoms with Crippen LogP contribution in [-0.2, 0) is 6.42 Å². The highest BCUT2D eigenvalue weighted by Gasteiger charge is 2.25. The first-order chi connectivity index (χ1) is 10.1. The van der Waals surface area contributed by atoms with Crippen molar-refractivity contribution in [2.75, 3.05) is 14.2 Å². The first-order valence-electron chi connectivity index (χ1n) is 6.84. The second-order valence-corrected chi connectivity index (χ2v) is 5.58. The van der Waals surface area contributed by atoms with Crippen LogP contribution in [0, 0.1) is 0 Å². The number of methoxy groups -OCH3 is 2. The van der Waals surface area contributed by atoms with Gasteiger partial charge in [-0.25, -0.2) is 0 Å². The molecule has 0 spiro atoms. The summed E-state index contributed by atoms with van der Waals surface area (Å²) in [6, 6.07) is 9.56. The number of hydrogen-bond acceptors (Lipinski definition) is 3. The van der Waals surface area contributed by atoms with E-state index < -0.39 is 0 Å². The molecule has 2 aromatic carbocycles. The first kappa shape index (κ1) is 14.1. The quantitative estimate of drug-likeness (QED) is 0.844. The van der Waals surface area contributed by atoms with Gasteiger partial charge >= 0.3 is 0 Å². The SMILES string of the molecule is COc1cc2c(c(-c3cc(Cl)ccc3OC)c1)OC(C)C2. The summed E-state index contributed by atoms with van der Waals surface area (Å²) in [5.41, 5.74) is 3.01. The molecule has 110 valence electrons. The monoisotopic (exact) mass is 304 g/mol. The van der Waals surface area contributed by atoms with E-state index >= 15 is 0 Å². The van der Waals surface area contributed by atoms with Crippen LogP contribution in [0.5, 0.6) is 17.2 Å². The summed E-state index contributed by atoms with van der Waals surface area (Å²) in [6.07, 6.45) is 1.04. The van der Waals surface area contributed by atoms with Crippen molar-refractivity contribution in [3.63, 3.8) is 0 Å². The van der Waals surface area contributed by atoms with E-state index in [9.17, 15) is 0 Å². The lowest BCUT2D eigenvalue weighted by Gasteiger charge is -2.14. The van der Waals surface area contributed by atoms with Crippen molar-refractivity contribution in [2.24, 2.45) is 0 Å². The van der Waals surface area contributed by atoms with Gasteiger partial charge in [0.1, 0.15) is 23.4 Å². The van der Waals surface area contributed by atoms with Crippen molar-refractivity contribution in [3.05, 3.63) is 40.9 Å². The molecule has 3 nitrogen and oxygen atoms in total. The number of halogens is 1. The van der Waals surface area contributed by atoms with Crippen LogP contribution in [-0.4, -0.2) is 20.3 Å². The van der Waals surface area contributed by atoms with E-state index in [-0.39, 0.29) is 6.10 Å². The minimum Gasteiger partial charge on any atom is -0.497 e. The van der Waals surface area contributed by atoms with E-state index in [0.717, 1.165) is 40.4 Å². The van der Waals surface area contributed by atoms with E-state index in [4.69, 9.17) is 25.8 Å². The number of benzene rings is 2. The van der Waals surface area contributed by atoms with Crippen LogP contribution in [0.4, 0.5) is 0 Å². The van der Waals surface area contributed by atoms with Gasteiger partial charge in [0, 0.05) is 28.1 Å². The normalized spacial score (nSPS) is 16.3. The van der Waals surface area contributed by atoms with Crippen LogP contribution in [0.2, 0.25) is 5.02 Å². The molecule has 1 heterocycles. The number of hydrogen-bond donors (Lipinski definition) is 0. The van der Waals surface area contributed by atoms with Gasteiger partial charge in [-0.1, -0.05) is 11.6 Å². The van der Waals surface area contributed by atoms with Crippen molar-refractivity contribution in [1.29, 1.82) is 0 Å². The highest BCUT2D eigenvalue weighted by atomic mass is 35.5. The van der Waals surface area contributed by atoms with Crippen LogP contribution >= 0.6 is 11.6 Å². The average Bonchev–Trinajstić information content (AvgIpc) is 2.86. The highest BCUT2D eigenvalue weighted by molar-refractivity contribution is 6.31. The lowest BCUT2D eigenvalue weighted by Crippen LogP contribution is -2.05. The fraction of sp³-hybridized carbons (Fsp3) is 0.294. The van der Waals surface area contributed by atoms with E-state index in [2.05, 4.69) is 6.92 Å². The van der Waals surface area contributed by atoms with E-state index in [1.54, 1.807) is 14.2 Å². The molecule has 0 fully saturated rings. The van der Waals surface area contributed by atoms with Gasteiger partial charge in [-0.3, -0.25) is 0 Å². The molecule has 2 aromatic rings. The summed E-state index contributed by atoms with van der Waals surface area (Å²) in [6.45, 7) is 2.06. The second-order valence-electron chi connectivity index (χ2n) is 5.14. The van der Waals surface area contributed by atoms with Gasteiger partial charge in [0.25, 0.3) is 0 Å². The Hall–Kier alpha value is -1.87. The molecule has 1 atom stereocenters. The van der Waals surface area contributed by atoms with E-state index in [1.165, 1.54) is 0 Å². The Kier molecular flexibility index (Phi) is 3.68. The molecule has 4 heteroatoms. The summed E-state index contributed by atoms with van der Waals surface area (Å²) in [5.74, 6) is 2.46. The Morgan fingerprint density at radius 1 is 1.10 bits per heavy atom. The van der Waals surface area contributed by atoms with Crippen molar-refractivity contribution in [2.45, 2.75) is 19.4 Å². The van der Waals surface area contributed by atoms with Gasteiger partial charge in [-0.15, -0.1) is 0 Å². The minimum absolute atomic E-state index is 0.163. The third-order valence-corrected chi connectivity index (χ3v) is 3.89. The molecular formula is C17H17ClO3. The van der Waals surface area contributed by atoms with Gasteiger partial charge in [-0.05, 0) is 37.3 Å². The Bertz CT molecular complexity index is 682. The molecule has 1 unspecified atom stereocenters. The molecule has 0 amide bonds. The Morgan fingerprint density at radius 3 is 2.62 bits per heavy atom. The van der Waals surface area contributed by atoms with Crippen LogP contribution in [0.25, 0.3) is 11.1 Å². The topological polar surface area (TPSA) is 27.7 Å². The van der Waals surface area contributed by atoms with Crippen LogP contribution in [0.1, 0.15) is 12.5 Å². The predicted molar refractivity (Wildman–Crippen MR) is 83.8 cm³/mol. The van der Waals surface area contributed by atoms with E-state index in [1.807, 2.05) is 30.3 Å². The molecule has 0 aromatic heterocycles. The molecule has 0 radical (unpaired) electrons. The molecule has 0 N–H and O–H groups in total. The number of ether oxygens (including phenoxy) is 3. The summed E-state index contributed by atoms with van der Waals surface area (Å²) >= 11 is 6.15. The maximum absolute atomic E-state index is 6.15. The van der Waals surface area contributed by atoms with E-state index in [0.29, 0.717) is 5.02 Å². The molecule has 1 aliphatic heterocycles. The van der Waals surface area contributed by atoms with Gasteiger partial charge in [-0.2, -0.15) is 0 Å². The van der Waals surface area contributed by atoms with Crippen LogP contribution in [0.3, 0.4) is 0 Å². The molecule has 3 rings (SSSR count). The molecule has 0 saturated heterocycles. The van der Waals surface area contributed by atoms with Gasteiger partial charge in [0.15, 0.2) is 0 Å². The minimum atomic E-state index is 0.163. The zero-order valence-electron chi connectivity index (χ0n) is 12.3. The van der Waals surface area contributed by atoms with Gasteiger partial charge < -0.3 is 14.2 Å². The predicted octanol–water partition coefficient (Wildman–Crippen LogP) is 4.35. The number of rotatable bonds is 3. The largest absolute Gasteiger partial charge is 0.497 e. The molecule has 0 aliphatic carbocycles. The van der Waals surface area contributed by atoms with Crippen LogP contribution < -0.4 is 14.2 Å². The fourth-order valence-electron chi connectivity index (χ4n) is 2.71. The van der Waals surface area contributed by atoms with Crippen molar-refractivity contribution in [1.82, 2.24) is 0 Å². The van der Waals surface area contributed by atoms with Crippen molar-refractivity contribution < 1.29 is 14.2 Å². The third-order valence-electron chi connectivity index (χ3n) is 3.65. The smallest absolute Gasteiger partial charge is 0.131 e. The standard InChI is InChI=1S/C17H17ClO3/c1-10-6-11-7-13(19-2)9-15(17(11)21-10)14-8-12(18)4-5-16(14)20-3/h4-5,7-10H,6H2,1-3H3. The Labute approximate surface area is 129 Å². The number of fused-ring (bicyclic) bond motifs is 1. The maximum atomic E-state index is 6.15. The Balaban J connectivity index is 2.23. The first-order valence-corrected chi connectivity index (χ1v) is 7.21. The maximum Gasteiger partial charge on any atom is 0.131 e. The lowest BCUT2D eigenvalue weighted by atomic mass is 9.99. The molecule has 0 saturated carbocycles. The summed E-state index contributed by atoms with van der Waals surface area (Å²) in [4.78, 5) is 0. The second kappa shape index (κ2) is 5.49. The average molecular weight is 305 g/mol. The summed E-state index contributed by atoms with van der Waals surface area (Å²) in [5, 5.41) is 0.661. The zero-order chi connectivity index (χ0) is 15.0. The van der Waals surface area contributed by atoms with Crippen molar-refractivity contribution >= 4 is 11.6 Å². The molecule has 0 bridgehead atoms. The third kappa shape index (κ3) is 2.54. The fourth-order valence-corrected chi connectivity index (χ4v) is 2.88. The van der Waals surface area contributed by atoms with Crippen LogP contribution in [0.15, 0.2) is 30.3 Å². The highest BCUT2D eigenvalue weighted by Crippen LogP contribution is 2.45. The van der Waals surface area contributed by atoms with Gasteiger partial charge in [0.05, 0.1) is 14.2 Å². The summed E-state index contributed by atoms with van der Waals surface area (Å²) < 4.78 is 16.8. The lowest BCUT2D eigenvalue weighted by molar-refractivity contribution is 0.255. The zero-order valence-corrected chi connectivity index (χ0v) is 13.0. The van der Waals surface area contributed by atoms with Gasteiger partial charge in [0.2, 0.25) is 0 Å².